The Morgan fingerprint density at radius 3 is 2.60 bits per heavy atom. The number of rotatable bonds is 5. The van der Waals surface area contributed by atoms with Gasteiger partial charge in [-0.15, -0.1) is 0 Å². The number of halogens is 2. The minimum absolute atomic E-state index is 0.0171. The molecule has 3 nitrogen and oxygen atoms in total. The van der Waals surface area contributed by atoms with E-state index in [1.807, 2.05) is 0 Å². The maximum absolute atomic E-state index is 13.5. The second kappa shape index (κ2) is 7.11. The molecule has 0 bridgehead atoms. The third-order valence-electron chi connectivity index (χ3n) is 3.90. The lowest BCUT2D eigenvalue weighted by Gasteiger charge is -2.26. The molecule has 2 rings (SSSR count). The van der Waals surface area contributed by atoms with Crippen molar-refractivity contribution in [2.45, 2.75) is 37.9 Å². The Hall–Kier alpha value is -1.04. The molecule has 1 aliphatic carbocycles. The number of benzene rings is 1. The van der Waals surface area contributed by atoms with Crippen molar-refractivity contribution in [3.8, 4) is 0 Å². The van der Waals surface area contributed by atoms with Crippen molar-refractivity contribution < 1.29 is 19.0 Å². The predicted octanol–water partition coefficient (Wildman–Crippen LogP) is 2.14. The fraction of sp³-hybridized carbons (Fsp3) is 0.600. The summed E-state index contributed by atoms with van der Waals surface area (Å²) in [5, 5.41) is 22.4. The van der Waals surface area contributed by atoms with Crippen LogP contribution in [0.2, 0.25) is 0 Å². The van der Waals surface area contributed by atoms with Gasteiger partial charge in [0.15, 0.2) is 0 Å². The minimum atomic E-state index is -1.06. The molecule has 1 fully saturated rings. The minimum Gasteiger partial charge on any atom is -0.393 e. The maximum atomic E-state index is 13.5. The molecule has 1 atom stereocenters. The third-order valence-corrected chi connectivity index (χ3v) is 3.90. The third kappa shape index (κ3) is 4.23. The van der Waals surface area contributed by atoms with E-state index in [9.17, 15) is 19.0 Å². The van der Waals surface area contributed by atoms with Crippen LogP contribution < -0.4 is 5.32 Å². The molecule has 3 N–H and O–H groups in total. The van der Waals surface area contributed by atoms with Crippen molar-refractivity contribution in [1.82, 2.24) is 5.32 Å². The van der Waals surface area contributed by atoms with Crippen LogP contribution in [0.4, 0.5) is 8.78 Å². The Labute approximate surface area is 117 Å². The van der Waals surface area contributed by atoms with E-state index in [-0.39, 0.29) is 18.2 Å². The van der Waals surface area contributed by atoms with Gasteiger partial charge in [-0.3, -0.25) is 0 Å². The highest BCUT2D eigenvalue weighted by Gasteiger charge is 2.20. The van der Waals surface area contributed by atoms with Gasteiger partial charge in [-0.2, -0.15) is 0 Å². The Bertz CT molecular complexity index is 434. The van der Waals surface area contributed by atoms with Crippen molar-refractivity contribution in [3.63, 3.8) is 0 Å². The first kappa shape index (κ1) is 15.4. The molecule has 0 aromatic heterocycles. The molecule has 0 heterocycles. The first-order chi connectivity index (χ1) is 9.56. The van der Waals surface area contributed by atoms with Crippen LogP contribution in [-0.4, -0.2) is 29.4 Å². The largest absolute Gasteiger partial charge is 0.393 e. The molecule has 112 valence electrons. The van der Waals surface area contributed by atoms with Crippen molar-refractivity contribution in [2.24, 2.45) is 5.92 Å². The van der Waals surface area contributed by atoms with Gasteiger partial charge in [0.2, 0.25) is 0 Å². The lowest BCUT2D eigenvalue weighted by atomic mass is 9.87. The van der Waals surface area contributed by atoms with Crippen LogP contribution in [0.25, 0.3) is 0 Å². The molecule has 20 heavy (non-hydrogen) atoms. The van der Waals surface area contributed by atoms with E-state index < -0.39 is 17.7 Å². The maximum Gasteiger partial charge on any atom is 0.129 e. The summed E-state index contributed by atoms with van der Waals surface area (Å²) in [7, 11) is 0. The van der Waals surface area contributed by atoms with Crippen LogP contribution in [0.5, 0.6) is 0 Å². The summed E-state index contributed by atoms with van der Waals surface area (Å²) >= 11 is 0. The fourth-order valence-electron chi connectivity index (χ4n) is 2.65. The van der Waals surface area contributed by atoms with Crippen molar-refractivity contribution in [2.75, 3.05) is 13.1 Å². The Balaban J connectivity index is 1.77. The molecule has 1 saturated carbocycles. The van der Waals surface area contributed by atoms with E-state index in [0.717, 1.165) is 50.4 Å². The molecule has 5 heteroatoms. The first-order valence-electron chi connectivity index (χ1n) is 7.08. The zero-order valence-electron chi connectivity index (χ0n) is 11.4. The molecule has 1 aromatic carbocycles. The standard InChI is InChI=1S/C15H21F2NO2/c16-11-3-6-14(17)13(7-11)15(20)9-18-8-10-1-4-12(19)5-2-10/h3,6-7,10,12,15,18-20H,1-2,4-5,8-9H2. The Morgan fingerprint density at radius 1 is 1.20 bits per heavy atom. The summed E-state index contributed by atoms with van der Waals surface area (Å²) in [4.78, 5) is 0. The van der Waals surface area contributed by atoms with Gasteiger partial charge in [0, 0.05) is 12.1 Å². The molecule has 1 unspecified atom stereocenters. The molecule has 0 aliphatic heterocycles. The number of hydrogen-bond donors (Lipinski definition) is 3. The van der Waals surface area contributed by atoms with E-state index in [2.05, 4.69) is 5.32 Å². The van der Waals surface area contributed by atoms with Crippen LogP contribution in [-0.2, 0) is 0 Å². The normalized spacial score (nSPS) is 24.6. The van der Waals surface area contributed by atoms with E-state index in [1.54, 1.807) is 0 Å². The van der Waals surface area contributed by atoms with Crippen LogP contribution in [0.3, 0.4) is 0 Å². The van der Waals surface area contributed by atoms with Gasteiger partial charge in [-0.1, -0.05) is 0 Å². The van der Waals surface area contributed by atoms with Gasteiger partial charge in [0.1, 0.15) is 11.6 Å². The van der Waals surface area contributed by atoms with Gasteiger partial charge in [-0.05, 0) is 56.3 Å². The van der Waals surface area contributed by atoms with Gasteiger partial charge < -0.3 is 15.5 Å². The topological polar surface area (TPSA) is 52.5 Å². The average Bonchev–Trinajstić information content (AvgIpc) is 2.43. The van der Waals surface area contributed by atoms with Crippen LogP contribution in [0, 0.1) is 17.6 Å². The quantitative estimate of drug-likeness (QED) is 0.777. The van der Waals surface area contributed by atoms with E-state index in [1.165, 1.54) is 0 Å². The van der Waals surface area contributed by atoms with Crippen LogP contribution in [0.1, 0.15) is 37.4 Å². The number of aliphatic hydroxyl groups excluding tert-OH is 2. The first-order valence-corrected chi connectivity index (χ1v) is 7.08. The van der Waals surface area contributed by atoms with Crippen LogP contribution in [0.15, 0.2) is 18.2 Å². The zero-order valence-corrected chi connectivity index (χ0v) is 11.4. The summed E-state index contributed by atoms with van der Waals surface area (Å²) in [6.45, 7) is 0.917. The molecule has 0 saturated heterocycles. The fourth-order valence-corrected chi connectivity index (χ4v) is 2.65. The number of hydrogen-bond acceptors (Lipinski definition) is 3. The van der Waals surface area contributed by atoms with Crippen molar-refractivity contribution in [3.05, 3.63) is 35.4 Å². The lowest BCUT2D eigenvalue weighted by molar-refractivity contribution is 0.106. The molecule has 0 spiro atoms. The molecular weight excluding hydrogens is 264 g/mol. The Morgan fingerprint density at radius 2 is 1.90 bits per heavy atom. The number of aliphatic hydroxyl groups is 2. The molecule has 0 amide bonds. The van der Waals surface area contributed by atoms with E-state index in [4.69, 9.17) is 0 Å². The summed E-state index contributed by atoms with van der Waals surface area (Å²) < 4.78 is 26.5. The SMILES string of the molecule is OC1CCC(CNCC(O)c2cc(F)ccc2F)CC1. The number of nitrogens with one attached hydrogen (secondary N) is 1. The summed E-state index contributed by atoms with van der Waals surface area (Å²) in [6, 6.07) is 3.08. The highest BCUT2D eigenvalue weighted by molar-refractivity contribution is 5.21. The van der Waals surface area contributed by atoms with Crippen molar-refractivity contribution >= 4 is 0 Å². The predicted molar refractivity (Wildman–Crippen MR) is 72.2 cm³/mol. The summed E-state index contributed by atoms with van der Waals surface area (Å²) in [6.07, 6.45) is 2.30. The Kier molecular flexibility index (Phi) is 5.46. The van der Waals surface area contributed by atoms with Gasteiger partial charge in [-0.25, -0.2) is 8.78 Å². The monoisotopic (exact) mass is 285 g/mol. The zero-order chi connectivity index (χ0) is 14.5. The average molecular weight is 285 g/mol. The lowest BCUT2D eigenvalue weighted by Crippen LogP contribution is -2.30. The molecule has 1 aliphatic rings. The second-order valence-corrected chi connectivity index (χ2v) is 5.51. The van der Waals surface area contributed by atoms with Gasteiger partial charge in [0.25, 0.3) is 0 Å². The van der Waals surface area contributed by atoms with Crippen molar-refractivity contribution in [1.29, 1.82) is 0 Å². The van der Waals surface area contributed by atoms with E-state index in [0.29, 0.717) is 5.92 Å². The summed E-state index contributed by atoms with van der Waals surface area (Å²) in [5.74, 6) is -0.675. The van der Waals surface area contributed by atoms with Gasteiger partial charge >= 0.3 is 0 Å². The molecule has 0 radical (unpaired) electrons. The molecular formula is C15H21F2NO2. The summed E-state index contributed by atoms with van der Waals surface area (Å²) in [5.41, 5.74) is -0.0171. The smallest absolute Gasteiger partial charge is 0.129 e. The van der Waals surface area contributed by atoms with Gasteiger partial charge in [0.05, 0.1) is 12.2 Å². The highest BCUT2D eigenvalue weighted by Crippen LogP contribution is 2.24. The highest BCUT2D eigenvalue weighted by atomic mass is 19.1. The molecule has 1 aromatic rings. The van der Waals surface area contributed by atoms with E-state index >= 15 is 0 Å². The van der Waals surface area contributed by atoms with Crippen LogP contribution >= 0.6 is 0 Å². The second-order valence-electron chi connectivity index (χ2n) is 5.51.